The van der Waals surface area contributed by atoms with E-state index in [4.69, 9.17) is 0 Å². The maximum atomic E-state index is 12.5. The van der Waals surface area contributed by atoms with E-state index in [9.17, 15) is 9.59 Å². The smallest absolute Gasteiger partial charge is 0.226 e. The standard InChI is InChI=1S/C15H24N2O2/c1-11-9-13(11)15(19)17-8-3-2-5-12(17)10-16-7-4-6-14(16)18/h11-13H,2-10H2,1H3. The van der Waals surface area contributed by atoms with Crippen molar-refractivity contribution in [2.75, 3.05) is 19.6 Å². The van der Waals surface area contributed by atoms with Crippen LogP contribution in [-0.2, 0) is 9.59 Å². The predicted molar refractivity (Wildman–Crippen MR) is 72.4 cm³/mol. The fraction of sp³-hybridized carbons (Fsp3) is 0.867. The minimum atomic E-state index is 0.273. The zero-order valence-corrected chi connectivity index (χ0v) is 11.8. The summed E-state index contributed by atoms with van der Waals surface area (Å²) < 4.78 is 0. The van der Waals surface area contributed by atoms with Gasteiger partial charge in [0.2, 0.25) is 11.8 Å². The SMILES string of the molecule is CC1CC1C(=O)N1CCCCC1CN1CCCC1=O. The second-order valence-corrected chi connectivity index (χ2v) is 6.44. The Morgan fingerprint density at radius 2 is 2.05 bits per heavy atom. The van der Waals surface area contributed by atoms with Gasteiger partial charge in [-0.05, 0) is 38.0 Å². The molecule has 3 atom stereocenters. The van der Waals surface area contributed by atoms with E-state index < -0.39 is 0 Å². The molecule has 4 heteroatoms. The van der Waals surface area contributed by atoms with Crippen LogP contribution in [0.4, 0.5) is 0 Å². The number of carbonyl (C=O) groups excluding carboxylic acids is 2. The second-order valence-electron chi connectivity index (χ2n) is 6.44. The first-order valence-corrected chi connectivity index (χ1v) is 7.75. The fourth-order valence-electron chi connectivity index (χ4n) is 3.51. The number of nitrogens with zero attached hydrogens (tertiary/aromatic N) is 2. The molecule has 0 bridgehead atoms. The molecule has 2 saturated heterocycles. The Kier molecular flexibility index (Phi) is 3.50. The summed E-state index contributed by atoms with van der Waals surface area (Å²) in [4.78, 5) is 28.3. The van der Waals surface area contributed by atoms with Crippen molar-refractivity contribution in [1.29, 1.82) is 0 Å². The first-order valence-electron chi connectivity index (χ1n) is 7.75. The molecule has 0 N–H and O–H groups in total. The van der Waals surface area contributed by atoms with Gasteiger partial charge in [-0.2, -0.15) is 0 Å². The van der Waals surface area contributed by atoms with Crippen LogP contribution in [0.3, 0.4) is 0 Å². The Labute approximate surface area is 115 Å². The highest BCUT2D eigenvalue weighted by Gasteiger charge is 2.43. The van der Waals surface area contributed by atoms with Gasteiger partial charge in [0.15, 0.2) is 0 Å². The summed E-state index contributed by atoms with van der Waals surface area (Å²) in [6.45, 7) is 4.71. The molecule has 0 radical (unpaired) electrons. The average molecular weight is 264 g/mol. The summed E-state index contributed by atoms with van der Waals surface area (Å²) in [6, 6.07) is 0.274. The molecule has 2 heterocycles. The van der Waals surface area contributed by atoms with E-state index in [0.29, 0.717) is 18.2 Å². The minimum absolute atomic E-state index is 0.273. The van der Waals surface area contributed by atoms with Crippen molar-refractivity contribution in [2.24, 2.45) is 11.8 Å². The Hall–Kier alpha value is -1.06. The summed E-state index contributed by atoms with van der Waals surface area (Å²) in [5.41, 5.74) is 0. The lowest BCUT2D eigenvalue weighted by Crippen LogP contribution is -2.50. The van der Waals surface area contributed by atoms with Crippen molar-refractivity contribution in [3.63, 3.8) is 0 Å². The normalized spacial score (nSPS) is 34.8. The monoisotopic (exact) mass is 264 g/mol. The van der Waals surface area contributed by atoms with E-state index in [0.717, 1.165) is 45.3 Å². The molecule has 3 rings (SSSR count). The molecular formula is C15H24N2O2. The molecule has 0 spiro atoms. The van der Waals surface area contributed by atoms with Gasteiger partial charge in [0.05, 0.1) is 0 Å². The van der Waals surface area contributed by atoms with Crippen LogP contribution in [0.2, 0.25) is 0 Å². The topological polar surface area (TPSA) is 40.6 Å². The first kappa shape index (κ1) is 12.9. The predicted octanol–water partition coefficient (Wildman–Crippen LogP) is 1.65. The van der Waals surface area contributed by atoms with Crippen molar-refractivity contribution in [3.05, 3.63) is 0 Å². The lowest BCUT2D eigenvalue weighted by molar-refractivity contribution is -0.139. The zero-order chi connectivity index (χ0) is 13.4. The van der Waals surface area contributed by atoms with E-state index in [-0.39, 0.29) is 17.9 Å². The van der Waals surface area contributed by atoms with E-state index >= 15 is 0 Å². The summed E-state index contributed by atoms with van der Waals surface area (Å²) >= 11 is 0. The van der Waals surface area contributed by atoms with Gasteiger partial charge in [-0.25, -0.2) is 0 Å². The molecule has 1 saturated carbocycles. The Morgan fingerprint density at radius 1 is 1.26 bits per heavy atom. The van der Waals surface area contributed by atoms with Crippen LogP contribution in [0.25, 0.3) is 0 Å². The summed E-state index contributed by atoms with van der Waals surface area (Å²) in [5, 5.41) is 0. The quantitative estimate of drug-likeness (QED) is 0.777. The van der Waals surface area contributed by atoms with Crippen LogP contribution in [0, 0.1) is 11.8 Å². The molecule has 1 aliphatic carbocycles. The molecule has 4 nitrogen and oxygen atoms in total. The van der Waals surface area contributed by atoms with Gasteiger partial charge in [-0.15, -0.1) is 0 Å². The highest BCUT2D eigenvalue weighted by molar-refractivity contribution is 5.82. The van der Waals surface area contributed by atoms with Crippen molar-refractivity contribution in [3.8, 4) is 0 Å². The second kappa shape index (κ2) is 5.14. The number of amides is 2. The third kappa shape index (κ3) is 2.63. The minimum Gasteiger partial charge on any atom is -0.341 e. The lowest BCUT2D eigenvalue weighted by Gasteiger charge is -2.38. The number of carbonyl (C=O) groups is 2. The van der Waals surface area contributed by atoms with Gasteiger partial charge >= 0.3 is 0 Å². The number of hydrogen-bond acceptors (Lipinski definition) is 2. The van der Waals surface area contributed by atoms with Crippen molar-refractivity contribution >= 4 is 11.8 Å². The van der Waals surface area contributed by atoms with Crippen LogP contribution < -0.4 is 0 Å². The van der Waals surface area contributed by atoms with Crippen LogP contribution in [0.1, 0.15) is 45.4 Å². The van der Waals surface area contributed by atoms with Gasteiger partial charge in [0.1, 0.15) is 0 Å². The van der Waals surface area contributed by atoms with E-state index in [1.54, 1.807) is 0 Å². The van der Waals surface area contributed by atoms with Gasteiger partial charge in [0, 0.05) is 38.0 Å². The van der Waals surface area contributed by atoms with Crippen molar-refractivity contribution < 1.29 is 9.59 Å². The number of hydrogen-bond donors (Lipinski definition) is 0. The summed E-state index contributed by atoms with van der Waals surface area (Å²) in [6.07, 6.45) is 6.12. The fourth-order valence-corrected chi connectivity index (χ4v) is 3.51. The summed E-state index contributed by atoms with van der Waals surface area (Å²) in [7, 11) is 0. The van der Waals surface area contributed by atoms with Gasteiger partial charge in [0.25, 0.3) is 0 Å². The van der Waals surface area contributed by atoms with Gasteiger partial charge in [-0.3, -0.25) is 9.59 Å². The third-order valence-corrected chi connectivity index (χ3v) is 4.94. The van der Waals surface area contributed by atoms with Crippen LogP contribution >= 0.6 is 0 Å². The highest BCUT2D eigenvalue weighted by Crippen LogP contribution is 2.40. The molecule has 2 amide bonds. The Balaban J connectivity index is 1.63. The molecule has 2 aliphatic heterocycles. The number of likely N-dealkylation sites (tertiary alicyclic amines) is 2. The van der Waals surface area contributed by atoms with E-state index in [2.05, 4.69) is 11.8 Å². The molecule has 0 aromatic carbocycles. The highest BCUT2D eigenvalue weighted by atomic mass is 16.2. The first-order chi connectivity index (χ1) is 9.16. The van der Waals surface area contributed by atoms with Crippen molar-refractivity contribution in [1.82, 2.24) is 9.80 Å². The maximum absolute atomic E-state index is 12.5. The molecule has 3 unspecified atom stereocenters. The van der Waals surface area contributed by atoms with Crippen molar-refractivity contribution in [2.45, 2.75) is 51.5 Å². The Morgan fingerprint density at radius 3 is 2.68 bits per heavy atom. The van der Waals surface area contributed by atoms with E-state index in [1.165, 1.54) is 6.42 Å². The molecule has 106 valence electrons. The number of piperidine rings is 1. The van der Waals surface area contributed by atoms with Gasteiger partial charge < -0.3 is 9.80 Å². The van der Waals surface area contributed by atoms with Gasteiger partial charge in [-0.1, -0.05) is 6.92 Å². The molecular weight excluding hydrogens is 240 g/mol. The lowest BCUT2D eigenvalue weighted by atomic mass is 10.0. The number of rotatable bonds is 3. The van der Waals surface area contributed by atoms with Crippen LogP contribution in [0.5, 0.6) is 0 Å². The molecule has 19 heavy (non-hydrogen) atoms. The molecule has 3 fully saturated rings. The summed E-state index contributed by atoms with van der Waals surface area (Å²) in [5.74, 6) is 1.47. The molecule has 0 aromatic rings. The zero-order valence-electron chi connectivity index (χ0n) is 11.8. The Bertz CT molecular complexity index is 382. The molecule has 3 aliphatic rings. The van der Waals surface area contributed by atoms with Crippen LogP contribution in [0.15, 0.2) is 0 Å². The van der Waals surface area contributed by atoms with Crippen LogP contribution in [-0.4, -0.2) is 47.3 Å². The average Bonchev–Trinajstić information content (AvgIpc) is 3.01. The third-order valence-electron chi connectivity index (χ3n) is 4.94. The maximum Gasteiger partial charge on any atom is 0.226 e. The largest absolute Gasteiger partial charge is 0.341 e. The molecule has 0 aromatic heterocycles. The van der Waals surface area contributed by atoms with E-state index in [1.807, 2.05) is 4.90 Å².